The first-order valence-electron chi connectivity index (χ1n) is 40.6. The van der Waals surface area contributed by atoms with E-state index in [1.807, 2.05) is 0 Å². The number of aliphatic hydroxyl groups is 10. The zero-order valence-electron chi connectivity index (χ0n) is 68.8. The lowest BCUT2D eigenvalue weighted by Crippen LogP contribution is -2.64. The van der Waals surface area contributed by atoms with Crippen molar-refractivity contribution in [1.82, 2.24) is 53.2 Å². The maximum Gasteiger partial charge on any atom is 0.472 e. The molecule has 118 heavy (non-hydrogen) atoms. The summed E-state index contributed by atoms with van der Waals surface area (Å²) in [6.07, 6.45) is -7.66. The lowest BCUT2D eigenvalue weighted by Gasteiger charge is -2.42. The van der Waals surface area contributed by atoms with Gasteiger partial charge in [-0.25, -0.2) is 4.57 Å². The Labute approximate surface area is 688 Å². The highest BCUT2D eigenvalue weighted by Crippen LogP contribution is 2.47. The van der Waals surface area contributed by atoms with Crippen LogP contribution in [0.2, 0.25) is 0 Å². The van der Waals surface area contributed by atoms with Crippen molar-refractivity contribution in [2.75, 3.05) is 125 Å². The number of carbonyl (C=O) groups is 10. The molecule has 684 valence electrons. The van der Waals surface area contributed by atoms with Crippen LogP contribution in [0.25, 0.3) is 0 Å². The topological polar surface area (TPSA) is 632 Å². The van der Waals surface area contributed by atoms with Gasteiger partial charge in [0.15, 0.2) is 18.9 Å². The van der Waals surface area contributed by atoms with Crippen LogP contribution in [0, 0.1) is 5.92 Å². The molecule has 43 nitrogen and oxygen atoms in total. The first-order chi connectivity index (χ1) is 56.1. The molecule has 21 N–H and O–H groups in total. The monoisotopic (exact) mass is 1720 g/mol. The van der Waals surface area contributed by atoms with Crippen molar-refractivity contribution in [1.29, 1.82) is 0 Å². The Bertz CT molecular complexity index is 2970. The first kappa shape index (κ1) is 106. The molecule has 3 saturated heterocycles. The number of nitrogens with one attached hydrogen (secondary N) is 10. The van der Waals surface area contributed by atoms with Gasteiger partial charge in [-0.2, -0.15) is 0 Å². The van der Waals surface area contributed by atoms with Gasteiger partial charge in [0, 0.05) is 98.1 Å². The number of phosphoric ester groups is 1. The molecule has 0 aliphatic carbocycles. The van der Waals surface area contributed by atoms with E-state index in [1.165, 1.54) is 20.8 Å². The van der Waals surface area contributed by atoms with E-state index in [1.54, 1.807) is 20.8 Å². The molecule has 0 bridgehead atoms. The Kier molecular flexibility index (Phi) is 53.8. The van der Waals surface area contributed by atoms with E-state index in [4.69, 9.17) is 51.7 Å². The third-order valence-corrected chi connectivity index (χ3v) is 20.0. The van der Waals surface area contributed by atoms with Gasteiger partial charge in [-0.15, -0.1) is 0 Å². The van der Waals surface area contributed by atoms with Crippen molar-refractivity contribution in [3.63, 3.8) is 0 Å². The van der Waals surface area contributed by atoms with Crippen molar-refractivity contribution in [2.45, 2.75) is 280 Å². The zero-order chi connectivity index (χ0) is 87.6. The molecule has 17 unspecified atom stereocenters. The third-order valence-electron chi connectivity index (χ3n) is 18.8. The van der Waals surface area contributed by atoms with Crippen LogP contribution in [0.15, 0.2) is 0 Å². The summed E-state index contributed by atoms with van der Waals surface area (Å²) < 4.78 is 72.6. The highest BCUT2D eigenvalue weighted by molar-refractivity contribution is 7.47. The fourth-order valence-electron chi connectivity index (χ4n) is 12.6. The number of unbranched alkanes of at least 4 members (excludes halogenated alkanes) is 9. The molecule has 10 amide bonds. The number of ether oxygens (including phenoxy) is 9. The Morgan fingerprint density at radius 2 is 0.720 bits per heavy atom. The predicted octanol–water partition coefficient (Wildman–Crippen LogP) is -5.19. The normalized spacial score (nSPS) is 24.5. The molecular weight excluding hydrogens is 1590 g/mol. The summed E-state index contributed by atoms with van der Waals surface area (Å²) in [4.78, 5) is 139. The van der Waals surface area contributed by atoms with Crippen LogP contribution >= 0.6 is 7.82 Å². The van der Waals surface area contributed by atoms with Crippen LogP contribution < -0.4 is 53.2 Å². The molecule has 3 aliphatic rings. The highest BCUT2D eigenvalue weighted by atomic mass is 31.2. The van der Waals surface area contributed by atoms with E-state index in [0.717, 1.165) is 57.8 Å². The number of carbonyl (C=O) groups excluding carboxylic acids is 10. The van der Waals surface area contributed by atoms with Gasteiger partial charge in [0.2, 0.25) is 59.1 Å². The standard InChI is InChI=1S/C74H135N10O33P/c1-46(89)80-60-66(100)63(97)52(42-86)114-71(60)110-38-35-107-32-29-77-57(94)25-23-50(69(103)78-30-33-108-36-39-111-72-61(81-47(2)90)67(101)64(98)53(43-87)115-72)84-59(96)26-24-51(70(104)79-31-34-109-37-40-112-73-62(82-48(3)91)68(102)65(99)54(44-88)116-73)83-58(95)22-18-21-56(93)75-27-16-13-11-9-7-8-10-12-14-20-55(92)76-28-17-15-19-49(41-85)45-113-118(105,106)117-74(4,5)6/h49-54,60-68,71-73,85-88,97-102H,7-45H2,1-6H3,(H,75,93)(H,76,92)(H,77,94)(H,78,103)(H,79,104)(H,80,89)(H,81,90)(H,82,91)(H,83,95)(H,84,96)(H,105,106)/t49?,50-,51-,52?,53?,54?,60?,61?,62?,63?,64?,65?,66?,67?,68?,71?,72?,73?/m0/s1. The van der Waals surface area contributed by atoms with Gasteiger partial charge in [0.25, 0.3) is 0 Å². The number of hydrogen-bond acceptors (Lipinski definition) is 32. The minimum Gasteiger partial charge on any atom is -0.396 e. The second-order valence-electron chi connectivity index (χ2n) is 30.0. The summed E-state index contributed by atoms with van der Waals surface area (Å²) in [5, 5.41) is 128. The second-order valence-corrected chi connectivity index (χ2v) is 31.4. The number of amides is 10. The Morgan fingerprint density at radius 1 is 0.390 bits per heavy atom. The molecule has 3 rings (SSSR count). The molecule has 3 heterocycles. The van der Waals surface area contributed by atoms with E-state index >= 15 is 0 Å². The van der Waals surface area contributed by atoms with E-state index in [2.05, 4.69) is 53.2 Å². The maximum absolute atomic E-state index is 13.9. The lowest BCUT2D eigenvalue weighted by molar-refractivity contribution is -0.272. The predicted molar refractivity (Wildman–Crippen MR) is 415 cm³/mol. The van der Waals surface area contributed by atoms with Crippen LogP contribution in [0.1, 0.15) is 170 Å². The number of rotatable bonds is 63. The summed E-state index contributed by atoms with van der Waals surface area (Å²) in [5.41, 5.74) is -0.874. The third kappa shape index (κ3) is 44.7. The van der Waals surface area contributed by atoms with E-state index < -0.39 is 191 Å². The van der Waals surface area contributed by atoms with E-state index in [0.29, 0.717) is 38.8 Å². The fraction of sp³-hybridized carbons (Fsp3) is 0.865. The van der Waals surface area contributed by atoms with Crippen molar-refractivity contribution < 1.29 is 160 Å². The van der Waals surface area contributed by atoms with E-state index in [9.17, 15) is 108 Å². The van der Waals surface area contributed by atoms with Gasteiger partial charge in [0.05, 0.1) is 91.5 Å². The number of aliphatic hydroxyl groups excluding tert-OH is 10. The molecule has 0 aromatic carbocycles. The van der Waals surface area contributed by atoms with Gasteiger partial charge in [-0.1, -0.05) is 51.4 Å². The minimum atomic E-state index is -4.26. The summed E-state index contributed by atoms with van der Waals surface area (Å²) >= 11 is 0. The zero-order valence-corrected chi connectivity index (χ0v) is 69.7. The molecule has 3 fully saturated rings. The number of phosphoric acid groups is 1. The van der Waals surface area contributed by atoms with Crippen molar-refractivity contribution in [3.05, 3.63) is 0 Å². The van der Waals surface area contributed by atoms with Crippen molar-refractivity contribution in [2.24, 2.45) is 5.92 Å². The van der Waals surface area contributed by atoms with E-state index in [-0.39, 0.29) is 149 Å². The lowest BCUT2D eigenvalue weighted by atomic mass is 9.97. The summed E-state index contributed by atoms with van der Waals surface area (Å²) in [7, 11) is -4.26. The molecule has 19 atom stereocenters. The largest absolute Gasteiger partial charge is 0.472 e. The van der Waals surface area contributed by atoms with Crippen LogP contribution in [-0.4, -0.2) is 350 Å². The SMILES string of the molecule is CC(=O)NC1C(OCCOCCNC(=O)CC[C@H](NC(=O)CC[C@H](NC(=O)CCCC(=O)NCCCCCCCCCCCC(=O)NCCCCC(CO)COP(=O)(O)OC(C)(C)C)C(=O)NCCOCCOC2OC(CO)C(O)C(O)C2NC(C)=O)C(=O)NCCOCCOC2OC(CO)C(O)C(O)C2NC(C)=O)OC(CO)C(O)C1O. The Hall–Kier alpha value is -5.95. The van der Waals surface area contributed by atoms with Crippen LogP contribution in [0.5, 0.6) is 0 Å². The molecule has 44 heteroatoms. The first-order valence-corrected chi connectivity index (χ1v) is 42.1. The Balaban J connectivity index is 1.55. The second kappa shape index (κ2) is 59.7. The fourth-order valence-corrected chi connectivity index (χ4v) is 13.7. The molecule has 3 aliphatic heterocycles. The average Bonchev–Trinajstić information content (AvgIpc) is 0.817. The smallest absolute Gasteiger partial charge is 0.396 e. The van der Waals surface area contributed by atoms with Gasteiger partial charge >= 0.3 is 7.82 Å². The van der Waals surface area contributed by atoms with Crippen LogP contribution in [-0.2, 0) is 104 Å². The van der Waals surface area contributed by atoms with Crippen molar-refractivity contribution in [3.8, 4) is 0 Å². The molecule has 0 aromatic rings. The quantitative estimate of drug-likeness (QED) is 0.0200. The minimum absolute atomic E-state index is 0.0157. The molecule has 0 saturated carbocycles. The van der Waals surface area contributed by atoms with Crippen LogP contribution in [0.4, 0.5) is 0 Å². The summed E-state index contributed by atoms with van der Waals surface area (Å²) in [6.45, 7) is 5.52. The average molecular weight is 1720 g/mol. The van der Waals surface area contributed by atoms with Gasteiger partial charge in [-0.05, 0) is 65.7 Å². The van der Waals surface area contributed by atoms with Gasteiger partial charge < -0.3 is 152 Å². The highest BCUT2D eigenvalue weighted by Gasteiger charge is 2.48. The molecule has 0 radical (unpaired) electrons. The van der Waals surface area contributed by atoms with Crippen molar-refractivity contribution >= 4 is 66.9 Å². The molecule has 0 spiro atoms. The Morgan fingerprint density at radius 3 is 1.10 bits per heavy atom. The number of hydrogen-bond donors (Lipinski definition) is 21. The summed E-state index contributed by atoms with van der Waals surface area (Å²) in [5.74, 6) is -5.83. The molecular formula is C74H135N10O33P. The summed E-state index contributed by atoms with van der Waals surface area (Å²) in [6, 6.07) is -6.34. The van der Waals surface area contributed by atoms with Gasteiger partial charge in [-0.3, -0.25) is 57.0 Å². The maximum atomic E-state index is 13.9. The van der Waals surface area contributed by atoms with Gasteiger partial charge in [0.1, 0.15) is 85.1 Å². The molecule has 0 aromatic heterocycles. The van der Waals surface area contributed by atoms with Crippen LogP contribution in [0.3, 0.4) is 0 Å².